The summed E-state index contributed by atoms with van der Waals surface area (Å²) in [6.07, 6.45) is 0. The Bertz CT molecular complexity index is 699. The molecule has 2 N–H and O–H groups in total. The predicted octanol–water partition coefficient (Wildman–Crippen LogP) is 2.56. The highest BCUT2D eigenvalue weighted by Crippen LogP contribution is 2.34. The number of Topliss-reactive ketones (excluding diaryl/α,β-unsaturated/α-hetero) is 1. The molecule has 0 radical (unpaired) electrons. The van der Waals surface area contributed by atoms with Crippen LogP contribution in [-0.2, 0) is 0 Å². The molecule has 0 aliphatic heterocycles. The summed E-state index contributed by atoms with van der Waals surface area (Å²) in [6, 6.07) is 10.1. The van der Waals surface area contributed by atoms with Crippen molar-refractivity contribution in [2.75, 3.05) is 33.7 Å². The van der Waals surface area contributed by atoms with Crippen LogP contribution in [0.2, 0.25) is 0 Å². The minimum Gasteiger partial charge on any atom is -0.496 e. The van der Waals surface area contributed by atoms with Crippen molar-refractivity contribution in [1.29, 1.82) is 0 Å². The van der Waals surface area contributed by atoms with E-state index < -0.39 is 0 Å². The van der Waals surface area contributed by atoms with Gasteiger partial charge in [0.2, 0.25) is 5.78 Å². The number of hydrogen-bond donors (Lipinski definition) is 1. The van der Waals surface area contributed by atoms with Gasteiger partial charge in [0, 0.05) is 17.8 Å². The maximum absolute atomic E-state index is 12.4. The van der Waals surface area contributed by atoms with Gasteiger partial charge in [-0.3, -0.25) is 4.79 Å². The van der Waals surface area contributed by atoms with E-state index in [9.17, 15) is 4.79 Å². The topological polar surface area (TPSA) is 80.0 Å². The molecule has 0 aromatic heterocycles. The van der Waals surface area contributed by atoms with Gasteiger partial charge >= 0.3 is 0 Å². The molecule has 0 aliphatic rings. The Balaban J connectivity index is 2.21. The van der Waals surface area contributed by atoms with Crippen molar-refractivity contribution in [3.8, 4) is 23.0 Å². The fraction of sp³-hybridized carbons (Fsp3) is 0.235. The summed E-state index contributed by atoms with van der Waals surface area (Å²) in [7, 11) is 4.50. The lowest BCUT2D eigenvalue weighted by molar-refractivity contribution is 0.0918. The molecule has 0 amide bonds. The maximum atomic E-state index is 12.4. The van der Waals surface area contributed by atoms with Gasteiger partial charge in [0.1, 0.15) is 11.5 Å². The quantitative estimate of drug-likeness (QED) is 0.624. The van der Waals surface area contributed by atoms with Crippen molar-refractivity contribution in [2.45, 2.75) is 0 Å². The second-order valence-corrected chi connectivity index (χ2v) is 4.69. The van der Waals surface area contributed by atoms with Crippen molar-refractivity contribution in [3.05, 3.63) is 42.0 Å². The van der Waals surface area contributed by atoms with Gasteiger partial charge in [0.15, 0.2) is 18.1 Å². The molecule has 6 heteroatoms. The van der Waals surface area contributed by atoms with Gasteiger partial charge in [0.25, 0.3) is 0 Å². The number of ether oxygens (including phenoxy) is 4. The van der Waals surface area contributed by atoms with Gasteiger partial charge < -0.3 is 24.7 Å². The average Bonchev–Trinajstić information content (AvgIpc) is 2.58. The highest BCUT2D eigenvalue weighted by molar-refractivity contribution is 6.00. The largest absolute Gasteiger partial charge is 0.496 e. The highest BCUT2D eigenvalue weighted by atomic mass is 16.5. The molecule has 2 aromatic carbocycles. The van der Waals surface area contributed by atoms with Crippen molar-refractivity contribution in [1.82, 2.24) is 0 Å². The summed E-state index contributed by atoms with van der Waals surface area (Å²) in [5, 5.41) is 0. The number of hydrogen-bond acceptors (Lipinski definition) is 6. The fourth-order valence-corrected chi connectivity index (χ4v) is 2.08. The van der Waals surface area contributed by atoms with E-state index in [1.54, 1.807) is 36.4 Å². The first-order chi connectivity index (χ1) is 11.1. The molecule has 0 aliphatic carbocycles. The zero-order valence-electron chi connectivity index (χ0n) is 13.3. The Morgan fingerprint density at radius 3 is 2.22 bits per heavy atom. The monoisotopic (exact) mass is 317 g/mol. The molecule has 0 saturated carbocycles. The van der Waals surface area contributed by atoms with E-state index in [-0.39, 0.29) is 12.4 Å². The smallest absolute Gasteiger partial charge is 0.204 e. The van der Waals surface area contributed by atoms with Crippen molar-refractivity contribution in [3.63, 3.8) is 0 Å². The third-order valence-electron chi connectivity index (χ3n) is 3.23. The number of carbonyl (C=O) groups excluding carboxylic acids is 1. The van der Waals surface area contributed by atoms with E-state index in [0.29, 0.717) is 34.2 Å². The van der Waals surface area contributed by atoms with Gasteiger partial charge in [-0.1, -0.05) is 6.07 Å². The van der Waals surface area contributed by atoms with Crippen LogP contribution < -0.4 is 24.7 Å². The molecular weight excluding hydrogens is 298 g/mol. The molecular formula is C17H19NO5. The SMILES string of the molecule is COc1cc(OC)c(C(=O)COc2cccc(N)c2)cc1OC. The van der Waals surface area contributed by atoms with Crippen LogP contribution in [0.15, 0.2) is 36.4 Å². The van der Waals surface area contributed by atoms with Crippen molar-refractivity contribution < 1.29 is 23.7 Å². The molecule has 0 heterocycles. The molecule has 0 spiro atoms. The van der Waals surface area contributed by atoms with E-state index in [1.165, 1.54) is 21.3 Å². The van der Waals surface area contributed by atoms with Crippen LogP contribution in [-0.4, -0.2) is 33.7 Å². The first-order valence-corrected chi connectivity index (χ1v) is 6.90. The summed E-state index contributed by atoms with van der Waals surface area (Å²) >= 11 is 0. The van der Waals surface area contributed by atoms with E-state index in [0.717, 1.165) is 0 Å². The fourth-order valence-electron chi connectivity index (χ4n) is 2.08. The van der Waals surface area contributed by atoms with Gasteiger partial charge in [-0.05, 0) is 18.2 Å². The molecule has 2 rings (SSSR count). The Hall–Kier alpha value is -2.89. The highest BCUT2D eigenvalue weighted by Gasteiger charge is 2.18. The summed E-state index contributed by atoms with van der Waals surface area (Å²) in [5.74, 6) is 1.60. The van der Waals surface area contributed by atoms with Crippen molar-refractivity contribution in [2.24, 2.45) is 0 Å². The number of nitrogens with two attached hydrogens (primary N) is 1. The first kappa shape index (κ1) is 16.5. The number of nitrogen functional groups attached to an aromatic ring is 1. The Morgan fingerprint density at radius 2 is 1.61 bits per heavy atom. The zero-order chi connectivity index (χ0) is 16.8. The molecule has 0 bridgehead atoms. The van der Waals surface area contributed by atoms with Gasteiger partial charge in [-0.15, -0.1) is 0 Å². The van der Waals surface area contributed by atoms with Gasteiger partial charge in [-0.25, -0.2) is 0 Å². The van der Waals surface area contributed by atoms with E-state index in [4.69, 9.17) is 24.7 Å². The Kier molecular flexibility index (Phi) is 5.30. The van der Waals surface area contributed by atoms with Gasteiger partial charge in [-0.2, -0.15) is 0 Å². The van der Waals surface area contributed by atoms with Crippen LogP contribution in [0.4, 0.5) is 5.69 Å². The Morgan fingerprint density at radius 1 is 0.957 bits per heavy atom. The standard InChI is InChI=1S/C17H19NO5/c1-20-15-9-17(22-3)16(21-2)8-13(15)14(19)10-23-12-6-4-5-11(18)7-12/h4-9H,10,18H2,1-3H3. The van der Waals surface area contributed by atoms with Crippen LogP contribution in [0, 0.1) is 0 Å². The summed E-state index contributed by atoms with van der Waals surface area (Å²) < 4.78 is 21.1. The van der Waals surface area contributed by atoms with Gasteiger partial charge in [0.05, 0.1) is 26.9 Å². The van der Waals surface area contributed by atoms with Crippen LogP contribution in [0.5, 0.6) is 23.0 Å². The third kappa shape index (κ3) is 3.85. The molecule has 6 nitrogen and oxygen atoms in total. The number of methoxy groups -OCH3 is 3. The summed E-state index contributed by atoms with van der Waals surface area (Å²) in [5.41, 5.74) is 6.60. The minimum absolute atomic E-state index is 0.144. The Labute approximate surface area is 134 Å². The minimum atomic E-state index is -0.245. The number of rotatable bonds is 7. The lowest BCUT2D eigenvalue weighted by atomic mass is 10.1. The molecule has 0 saturated heterocycles. The van der Waals surface area contributed by atoms with Crippen LogP contribution in [0.3, 0.4) is 0 Å². The molecule has 122 valence electrons. The van der Waals surface area contributed by atoms with E-state index >= 15 is 0 Å². The summed E-state index contributed by atoms with van der Waals surface area (Å²) in [6.45, 7) is -0.144. The van der Waals surface area contributed by atoms with Crippen molar-refractivity contribution >= 4 is 11.5 Å². The summed E-state index contributed by atoms with van der Waals surface area (Å²) in [4.78, 5) is 12.4. The second kappa shape index (κ2) is 7.40. The van der Waals surface area contributed by atoms with Crippen LogP contribution in [0.1, 0.15) is 10.4 Å². The second-order valence-electron chi connectivity index (χ2n) is 4.69. The lowest BCUT2D eigenvalue weighted by Crippen LogP contribution is -2.13. The molecule has 2 aromatic rings. The van der Waals surface area contributed by atoms with E-state index in [2.05, 4.69) is 0 Å². The molecule has 0 unspecified atom stereocenters. The first-order valence-electron chi connectivity index (χ1n) is 6.90. The number of benzene rings is 2. The number of ketones is 1. The van der Waals surface area contributed by atoms with E-state index in [1.807, 2.05) is 0 Å². The zero-order valence-corrected chi connectivity index (χ0v) is 13.3. The predicted molar refractivity (Wildman–Crippen MR) is 86.8 cm³/mol. The number of anilines is 1. The number of carbonyl (C=O) groups is 1. The van der Waals surface area contributed by atoms with Crippen LogP contribution in [0.25, 0.3) is 0 Å². The molecule has 0 atom stereocenters. The lowest BCUT2D eigenvalue weighted by Gasteiger charge is -2.13. The molecule has 23 heavy (non-hydrogen) atoms. The average molecular weight is 317 g/mol. The van der Waals surface area contributed by atoms with Crippen LogP contribution >= 0.6 is 0 Å². The maximum Gasteiger partial charge on any atom is 0.204 e. The molecule has 0 fully saturated rings. The third-order valence-corrected chi connectivity index (χ3v) is 3.23. The normalized spacial score (nSPS) is 10.0.